The minimum atomic E-state index is -0.823. The first-order valence-corrected chi connectivity index (χ1v) is 6.20. The van der Waals surface area contributed by atoms with Crippen LogP contribution >= 0.6 is 11.3 Å². The third-order valence-corrected chi connectivity index (χ3v) is 2.72. The molecule has 0 saturated carbocycles. The number of carboxylic acids is 1. The van der Waals surface area contributed by atoms with Crippen LogP contribution in [0.2, 0.25) is 0 Å². The van der Waals surface area contributed by atoms with E-state index in [9.17, 15) is 9.59 Å². The molecule has 1 heterocycles. The standard InChI is InChI=1S/C11H14N2O4S/c1-2-6-17-11(16)13-10-12-8(7-18-10)4-3-5-9(14)15/h2,7H,1,3-6H2,(H,14,15)(H,12,13,16). The van der Waals surface area contributed by atoms with Crippen molar-refractivity contribution in [1.82, 2.24) is 4.98 Å². The zero-order valence-electron chi connectivity index (χ0n) is 9.72. The molecular formula is C11H14N2O4S. The van der Waals surface area contributed by atoms with Crippen LogP contribution in [0, 0.1) is 0 Å². The van der Waals surface area contributed by atoms with Crippen LogP contribution in [0.4, 0.5) is 9.93 Å². The largest absolute Gasteiger partial charge is 0.481 e. The lowest BCUT2D eigenvalue weighted by Gasteiger charge is -2.00. The molecule has 18 heavy (non-hydrogen) atoms. The van der Waals surface area contributed by atoms with Crippen LogP contribution in [0.15, 0.2) is 18.0 Å². The smallest absolute Gasteiger partial charge is 0.413 e. The lowest BCUT2D eigenvalue weighted by Crippen LogP contribution is -2.13. The number of carbonyl (C=O) groups excluding carboxylic acids is 1. The molecule has 7 heteroatoms. The van der Waals surface area contributed by atoms with Crippen LogP contribution in [0.25, 0.3) is 0 Å². The number of hydrogen-bond donors (Lipinski definition) is 2. The van der Waals surface area contributed by atoms with E-state index in [1.807, 2.05) is 0 Å². The summed E-state index contributed by atoms with van der Waals surface area (Å²) in [7, 11) is 0. The van der Waals surface area contributed by atoms with Crippen molar-refractivity contribution in [2.24, 2.45) is 0 Å². The highest BCUT2D eigenvalue weighted by molar-refractivity contribution is 7.13. The zero-order chi connectivity index (χ0) is 13.4. The number of aryl methyl sites for hydroxylation is 1. The van der Waals surface area contributed by atoms with E-state index in [0.29, 0.717) is 18.0 Å². The Kier molecular flexibility index (Phi) is 5.86. The maximum absolute atomic E-state index is 11.2. The van der Waals surface area contributed by atoms with Crippen LogP contribution in [0.5, 0.6) is 0 Å². The number of carboxylic acid groups (broad SMARTS) is 1. The second kappa shape index (κ2) is 7.44. The van der Waals surface area contributed by atoms with Crippen molar-refractivity contribution in [1.29, 1.82) is 0 Å². The third kappa shape index (κ3) is 5.44. The number of nitrogens with zero attached hydrogens (tertiary/aromatic N) is 1. The van der Waals surface area contributed by atoms with Gasteiger partial charge in [0.05, 0.1) is 5.69 Å². The number of carbonyl (C=O) groups is 2. The lowest BCUT2D eigenvalue weighted by atomic mass is 10.2. The van der Waals surface area contributed by atoms with E-state index < -0.39 is 12.1 Å². The molecule has 0 aromatic carbocycles. The molecule has 0 aliphatic heterocycles. The summed E-state index contributed by atoms with van der Waals surface area (Å²) in [4.78, 5) is 25.7. The molecule has 0 radical (unpaired) electrons. The number of aliphatic carboxylic acids is 1. The fourth-order valence-corrected chi connectivity index (χ4v) is 1.89. The predicted molar refractivity (Wildman–Crippen MR) is 67.9 cm³/mol. The first-order chi connectivity index (χ1) is 8.61. The van der Waals surface area contributed by atoms with Gasteiger partial charge in [0.1, 0.15) is 6.61 Å². The van der Waals surface area contributed by atoms with Crippen LogP contribution in [-0.4, -0.2) is 28.8 Å². The highest BCUT2D eigenvalue weighted by Crippen LogP contribution is 2.17. The highest BCUT2D eigenvalue weighted by atomic mass is 32.1. The van der Waals surface area contributed by atoms with E-state index in [0.717, 1.165) is 5.69 Å². The van der Waals surface area contributed by atoms with E-state index >= 15 is 0 Å². The monoisotopic (exact) mass is 270 g/mol. The summed E-state index contributed by atoms with van der Waals surface area (Å²) < 4.78 is 4.74. The van der Waals surface area contributed by atoms with Gasteiger partial charge in [-0.3, -0.25) is 10.1 Å². The van der Waals surface area contributed by atoms with Crippen molar-refractivity contribution >= 4 is 28.5 Å². The molecule has 1 aromatic heterocycles. The Bertz CT molecular complexity index is 430. The molecule has 0 atom stereocenters. The third-order valence-electron chi connectivity index (χ3n) is 1.92. The average Bonchev–Trinajstić information content (AvgIpc) is 2.73. The van der Waals surface area contributed by atoms with Crippen molar-refractivity contribution in [2.45, 2.75) is 19.3 Å². The van der Waals surface area contributed by atoms with Gasteiger partial charge in [0, 0.05) is 11.8 Å². The van der Waals surface area contributed by atoms with E-state index in [2.05, 4.69) is 16.9 Å². The molecule has 0 bridgehead atoms. The molecule has 0 aliphatic rings. The van der Waals surface area contributed by atoms with Crippen molar-refractivity contribution in [2.75, 3.05) is 11.9 Å². The van der Waals surface area contributed by atoms with Gasteiger partial charge in [0.15, 0.2) is 5.13 Å². The maximum Gasteiger partial charge on any atom is 0.413 e. The summed E-state index contributed by atoms with van der Waals surface area (Å²) in [5.74, 6) is -0.823. The predicted octanol–water partition coefficient (Wildman–Crippen LogP) is 2.28. The Hall–Kier alpha value is -1.89. The fourth-order valence-electron chi connectivity index (χ4n) is 1.16. The lowest BCUT2D eigenvalue weighted by molar-refractivity contribution is -0.137. The SMILES string of the molecule is C=CCOC(=O)Nc1nc(CCCC(=O)O)cs1. The van der Waals surface area contributed by atoms with Gasteiger partial charge in [-0.1, -0.05) is 12.7 Å². The number of hydrogen-bond acceptors (Lipinski definition) is 5. The van der Waals surface area contributed by atoms with Crippen LogP contribution < -0.4 is 5.32 Å². The number of ether oxygens (including phenoxy) is 1. The summed E-state index contributed by atoms with van der Waals surface area (Å²) in [6, 6.07) is 0. The summed E-state index contributed by atoms with van der Waals surface area (Å²) in [6.07, 6.45) is 2.10. The van der Waals surface area contributed by atoms with Crippen molar-refractivity contribution in [3.8, 4) is 0 Å². The Balaban J connectivity index is 2.35. The van der Waals surface area contributed by atoms with Crippen LogP contribution in [0.3, 0.4) is 0 Å². The molecule has 1 rings (SSSR count). The van der Waals surface area contributed by atoms with Gasteiger partial charge in [-0.25, -0.2) is 9.78 Å². The minimum Gasteiger partial charge on any atom is -0.481 e. The zero-order valence-corrected chi connectivity index (χ0v) is 10.5. The molecule has 0 fully saturated rings. The van der Waals surface area contributed by atoms with E-state index in [1.165, 1.54) is 17.4 Å². The second-order valence-corrected chi connectivity index (χ2v) is 4.26. The van der Waals surface area contributed by atoms with Gasteiger partial charge in [-0.2, -0.15) is 0 Å². The van der Waals surface area contributed by atoms with Gasteiger partial charge in [0.25, 0.3) is 0 Å². The summed E-state index contributed by atoms with van der Waals surface area (Å²) in [6.45, 7) is 3.57. The van der Waals surface area contributed by atoms with Crippen molar-refractivity contribution < 1.29 is 19.4 Å². The van der Waals surface area contributed by atoms with Gasteiger partial charge in [0.2, 0.25) is 0 Å². The minimum absolute atomic E-state index is 0.113. The molecule has 0 spiro atoms. The quantitative estimate of drug-likeness (QED) is 0.742. The highest BCUT2D eigenvalue weighted by Gasteiger charge is 2.07. The molecular weight excluding hydrogens is 256 g/mol. The van der Waals surface area contributed by atoms with E-state index in [-0.39, 0.29) is 13.0 Å². The number of amides is 1. The van der Waals surface area contributed by atoms with Gasteiger partial charge in [-0.05, 0) is 12.8 Å². The van der Waals surface area contributed by atoms with Gasteiger partial charge >= 0.3 is 12.1 Å². The maximum atomic E-state index is 11.2. The molecule has 0 unspecified atom stereocenters. The van der Waals surface area contributed by atoms with Gasteiger partial charge in [-0.15, -0.1) is 11.3 Å². The Morgan fingerprint density at radius 1 is 1.61 bits per heavy atom. The first kappa shape index (κ1) is 14.2. The molecule has 6 nitrogen and oxygen atoms in total. The molecule has 1 amide bonds. The fraction of sp³-hybridized carbons (Fsp3) is 0.364. The Morgan fingerprint density at radius 3 is 3.06 bits per heavy atom. The van der Waals surface area contributed by atoms with Crippen molar-refractivity contribution in [3.63, 3.8) is 0 Å². The number of anilines is 1. The number of aromatic nitrogens is 1. The van der Waals surface area contributed by atoms with E-state index in [1.54, 1.807) is 5.38 Å². The molecule has 98 valence electrons. The van der Waals surface area contributed by atoms with Gasteiger partial charge < -0.3 is 9.84 Å². The summed E-state index contributed by atoms with van der Waals surface area (Å²) in [5, 5.41) is 13.2. The summed E-state index contributed by atoms with van der Waals surface area (Å²) >= 11 is 1.27. The van der Waals surface area contributed by atoms with Crippen LogP contribution in [-0.2, 0) is 16.0 Å². The number of rotatable bonds is 7. The number of thiazole rings is 1. The Morgan fingerprint density at radius 2 is 2.39 bits per heavy atom. The second-order valence-electron chi connectivity index (χ2n) is 3.40. The first-order valence-electron chi connectivity index (χ1n) is 5.32. The summed E-state index contributed by atoms with van der Waals surface area (Å²) in [5.41, 5.74) is 0.764. The average molecular weight is 270 g/mol. The van der Waals surface area contributed by atoms with E-state index in [4.69, 9.17) is 9.84 Å². The van der Waals surface area contributed by atoms with Crippen molar-refractivity contribution in [3.05, 3.63) is 23.7 Å². The van der Waals surface area contributed by atoms with Crippen LogP contribution in [0.1, 0.15) is 18.5 Å². The normalized spacial score (nSPS) is 9.78. The molecule has 1 aromatic rings. The molecule has 2 N–H and O–H groups in total. The molecule has 0 aliphatic carbocycles. The number of nitrogens with one attached hydrogen (secondary N) is 1. The topological polar surface area (TPSA) is 88.5 Å². The Labute approximate surface area is 108 Å². The molecule has 0 saturated heterocycles.